The molecule has 1 unspecified atom stereocenters. The van der Waals surface area contributed by atoms with Gasteiger partial charge in [0.2, 0.25) is 15.9 Å². The van der Waals surface area contributed by atoms with Crippen LogP contribution in [-0.2, 0) is 19.6 Å². The molecule has 0 aliphatic carbocycles. The van der Waals surface area contributed by atoms with E-state index in [0.29, 0.717) is 0 Å². The van der Waals surface area contributed by atoms with Gasteiger partial charge in [0.25, 0.3) is 11.6 Å². The first-order valence-corrected chi connectivity index (χ1v) is 8.37. The lowest BCUT2D eigenvalue weighted by molar-refractivity contribution is -0.197. The third-order valence-corrected chi connectivity index (χ3v) is 4.89. The van der Waals surface area contributed by atoms with Crippen LogP contribution in [0.1, 0.15) is 6.92 Å². The molecule has 1 fully saturated rings. The predicted molar refractivity (Wildman–Crippen MR) is 81.2 cm³/mol. The van der Waals surface area contributed by atoms with Crippen molar-refractivity contribution in [1.82, 2.24) is 14.9 Å². The minimum Gasteiger partial charge on any atom is -0.326 e. The topological polar surface area (TPSA) is 125 Å². The van der Waals surface area contributed by atoms with Crippen LogP contribution in [0.5, 0.6) is 0 Å². The number of benzene rings is 1. The zero-order chi connectivity index (χ0) is 19.9. The summed E-state index contributed by atoms with van der Waals surface area (Å²) >= 11 is 0. The summed E-state index contributed by atoms with van der Waals surface area (Å²) in [6.45, 7) is 1.21. The van der Waals surface area contributed by atoms with E-state index in [1.807, 2.05) is 0 Å². The highest BCUT2D eigenvalue weighted by molar-refractivity contribution is 7.89. The first-order chi connectivity index (χ1) is 11.8. The number of hydrogen-bond acceptors (Lipinski definition) is 5. The van der Waals surface area contributed by atoms with Gasteiger partial charge >= 0.3 is 12.2 Å². The average Bonchev–Trinajstić information content (AvgIpc) is 2.71. The van der Waals surface area contributed by atoms with Crippen molar-refractivity contribution in [2.75, 3.05) is 12.4 Å². The van der Waals surface area contributed by atoms with E-state index in [0.717, 1.165) is 31.3 Å². The zero-order valence-electron chi connectivity index (χ0n) is 13.3. The first kappa shape index (κ1) is 19.7. The van der Waals surface area contributed by atoms with Crippen molar-refractivity contribution in [3.63, 3.8) is 0 Å². The third-order valence-electron chi connectivity index (χ3n) is 3.42. The number of carbonyl (C=O) groups is 3. The molecule has 0 aromatic heterocycles. The molecule has 2 rings (SSSR count). The molecule has 0 bridgehead atoms. The van der Waals surface area contributed by atoms with E-state index >= 15 is 0 Å². The number of sulfonamides is 1. The number of halogens is 3. The Morgan fingerprint density at radius 1 is 1.19 bits per heavy atom. The third kappa shape index (κ3) is 3.35. The van der Waals surface area contributed by atoms with E-state index in [9.17, 15) is 36.0 Å². The summed E-state index contributed by atoms with van der Waals surface area (Å²) in [6, 6.07) is 2.76. The number of alkyl halides is 3. The van der Waals surface area contributed by atoms with Gasteiger partial charge in [-0.3, -0.25) is 14.5 Å². The molecule has 13 heteroatoms. The van der Waals surface area contributed by atoms with Crippen molar-refractivity contribution in [1.29, 1.82) is 0 Å². The van der Waals surface area contributed by atoms with Gasteiger partial charge < -0.3 is 10.6 Å². The molecule has 142 valence electrons. The lowest BCUT2D eigenvalue weighted by Crippen LogP contribution is -2.69. The zero-order valence-corrected chi connectivity index (χ0v) is 14.2. The Balaban J connectivity index is 2.41. The predicted octanol–water partition coefficient (Wildman–Crippen LogP) is 0.363. The van der Waals surface area contributed by atoms with Gasteiger partial charge in [-0.25, -0.2) is 13.2 Å². The second kappa shape index (κ2) is 6.25. The second-order valence-electron chi connectivity index (χ2n) is 5.35. The van der Waals surface area contributed by atoms with Gasteiger partial charge in [0.1, 0.15) is 0 Å². The van der Waals surface area contributed by atoms with E-state index in [1.165, 1.54) is 17.0 Å². The molecule has 1 saturated heterocycles. The minimum atomic E-state index is -5.44. The monoisotopic (exact) mass is 394 g/mol. The molecule has 3 N–H and O–H groups in total. The number of nitrogens with zero attached hydrogens (tertiary/aromatic N) is 1. The molecular weight excluding hydrogens is 381 g/mol. The van der Waals surface area contributed by atoms with Gasteiger partial charge in [-0.2, -0.15) is 17.9 Å². The number of imide groups is 1. The van der Waals surface area contributed by atoms with Crippen LogP contribution in [0.2, 0.25) is 0 Å². The Morgan fingerprint density at radius 3 is 2.12 bits per heavy atom. The Hall–Kier alpha value is -2.67. The standard InChI is InChI=1S/C13H13F3N4O5S/c1-7(21)17-8-3-5-9(6-4-8)26(24,25)19-12(13(14,15)16)10(22)20(2)11(23)18-12/h3-6,19H,1-2H3,(H,17,21)(H,18,23). The number of urea groups is 1. The van der Waals surface area contributed by atoms with Crippen LogP contribution in [0.3, 0.4) is 0 Å². The van der Waals surface area contributed by atoms with Crippen molar-refractivity contribution < 1.29 is 36.0 Å². The lowest BCUT2D eigenvalue weighted by Gasteiger charge is -2.29. The Bertz CT molecular complexity index is 869. The van der Waals surface area contributed by atoms with Crippen LogP contribution in [0.25, 0.3) is 0 Å². The fourth-order valence-electron chi connectivity index (χ4n) is 2.14. The summed E-state index contributed by atoms with van der Waals surface area (Å²) < 4.78 is 66.1. The summed E-state index contributed by atoms with van der Waals surface area (Å²) in [5.74, 6) is -2.24. The van der Waals surface area contributed by atoms with Gasteiger partial charge in [0.05, 0.1) is 4.90 Å². The van der Waals surface area contributed by atoms with Gasteiger partial charge in [-0.15, -0.1) is 0 Å². The largest absolute Gasteiger partial charge is 0.435 e. The van der Waals surface area contributed by atoms with Crippen LogP contribution >= 0.6 is 0 Å². The molecule has 0 radical (unpaired) electrons. The maximum absolute atomic E-state index is 13.4. The van der Waals surface area contributed by atoms with Crippen molar-refractivity contribution in [2.24, 2.45) is 0 Å². The molecule has 4 amide bonds. The van der Waals surface area contributed by atoms with Crippen LogP contribution in [0.4, 0.5) is 23.7 Å². The molecular formula is C13H13F3N4O5S. The summed E-state index contributed by atoms with van der Waals surface area (Å²) in [6.07, 6.45) is -5.44. The summed E-state index contributed by atoms with van der Waals surface area (Å²) in [5.41, 5.74) is -3.60. The van der Waals surface area contributed by atoms with Crippen molar-refractivity contribution >= 4 is 33.6 Å². The van der Waals surface area contributed by atoms with Crippen molar-refractivity contribution in [2.45, 2.75) is 23.7 Å². The highest BCUT2D eigenvalue weighted by Crippen LogP contribution is 2.34. The molecule has 9 nitrogen and oxygen atoms in total. The summed E-state index contributed by atoms with van der Waals surface area (Å²) in [4.78, 5) is 33.8. The van der Waals surface area contributed by atoms with Crippen LogP contribution in [0, 0.1) is 0 Å². The van der Waals surface area contributed by atoms with E-state index in [1.54, 1.807) is 0 Å². The summed E-state index contributed by atoms with van der Waals surface area (Å²) in [7, 11) is -4.08. The Kier molecular flexibility index (Phi) is 4.72. The molecule has 1 aliphatic heterocycles. The van der Waals surface area contributed by atoms with Crippen molar-refractivity contribution in [3.05, 3.63) is 24.3 Å². The number of amides is 4. The molecule has 1 heterocycles. The van der Waals surface area contributed by atoms with E-state index < -0.39 is 44.6 Å². The molecule has 1 aromatic rings. The Morgan fingerprint density at radius 2 is 1.73 bits per heavy atom. The van der Waals surface area contributed by atoms with E-state index in [2.05, 4.69) is 5.32 Å². The highest BCUT2D eigenvalue weighted by Gasteiger charge is 2.69. The molecule has 0 saturated carbocycles. The second-order valence-corrected chi connectivity index (χ2v) is 7.04. The lowest BCUT2D eigenvalue weighted by atomic mass is 10.2. The van der Waals surface area contributed by atoms with Gasteiger partial charge in [-0.1, -0.05) is 0 Å². The maximum atomic E-state index is 13.4. The molecule has 0 spiro atoms. The molecule has 1 aliphatic rings. The van der Waals surface area contributed by atoms with Gasteiger partial charge in [0.15, 0.2) is 0 Å². The number of anilines is 1. The van der Waals surface area contributed by atoms with Crippen LogP contribution in [-0.4, -0.2) is 50.1 Å². The van der Waals surface area contributed by atoms with E-state index in [-0.39, 0.29) is 10.6 Å². The first-order valence-electron chi connectivity index (χ1n) is 6.89. The maximum Gasteiger partial charge on any atom is 0.435 e. The smallest absolute Gasteiger partial charge is 0.326 e. The Labute approximate surface area is 145 Å². The van der Waals surface area contributed by atoms with Gasteiger partial charge in [-0.05, 0) is 24.3 Å². The fraction of sp³-hybridized carbons (Fsp3) is 0.308. The van der Waals surface area contributed by atoms with E-state index in [4.69, 9.17) is 0 Å². The summed E-state index contributed by atoms with van der Waals surface area (Å²) in [5, 5.41) is 3.69. The minimum absolute atomic E-state index is 0.121. The van der Waals surface area contributed by atoms with Crippen LogP contribution < -0.4 is 15.4 Å². The SMILES string of the molecule is CC(=O)Nc1ccc(S(=O)(=O)NC2(C(F)(F)F)NC(=O)N(C)C2=O)cc1. The fourth-order valence-corrected chi connectivity index (χ4v) is 3.41. The molecule has 26 heavy (non-hydrogen) atoms. The van der Waals surface area contributed by atoms with Crippen LogP contribution in [0.15, 0.2) is 29.2 Å². The average molecular weight is 394 g/mol. The number of rotatable bonds is 4. The highest BCUT2D eigenvalue weighted by atomic mass is 32.2. The molecule has 1 atom stereocenters. The number of hydrogen-bond donors (Lipinski definition) is 3. The number of carbonyl (C=O) groups excluding carboxylic acids is 3. The normalized spacial score (nSPS) is 20.9. The number of nitrogens with one attached hydrogen (secondary N) is 3. The van der Waals surface area contributed by atoms with Gasteiger partial charge in [0, 0.05) is 19.7 Å². The quantitative estimate of drug-likeness (QED) is 0.636. The molecule has 1 aromatic carbocycles. The number of likely N-dealkylation sites (N-methyl/N-ethyl adjacent to an activating group) is 1. The van der Waals surface area contributed by atoms with Crippen molar-refractivity contribution in [3.8, 4) is 0 Å².